The Hall–Kier alpha value is -3.23. The van der Waals surface area contributed by atoms with Crippen molar-refractivity contribution in [1.82, 2.24) is 0 Å². The van der Waals surface area contributed by atoms with Crippen molar-refractivity contribution in [2.24, 2.45) is 0 Å². The summed E-state index contributed by atoms with van der Waals surface area (Å²) in [6.07, 6.45) is -1.80. The quantitative estimate of drug-likeness (QED) is 0.173. The van der Waals surface area contributed by atoms with Gasteiger partial charge in [0.05, 0.1) is 19.8 Å². The van der Waals surface area contributed by atoms with E-state index in [1.54, 1.807) is 11.8 Å². The summed E-state index contributed by atoms with van der Waals surface area (Å²) >= 11 is 1.74. The number of thioether (sulfide) groups is 1. The Morgan fingerprint density at radius 2 is 1.23 bits per heavy atom. The molecule has 0 aliphatic carbocycles. The number of rotatable bonds is 9. The van der Waals surface area contributed by atoms with Crippen LogP contribution in [0.4, 0.5) is 0 Å². The van der Waals surface area contributed by atoms with Gasteiger partial charge in [0, 0.05) is 5.56 Å². The molecule has 0 aromatic heterocycles. The number of hydrogen-bond donors (Lipinski definition) is 0. The molecule has 5 aromatic carbocycles. The molecule has 2 fully saturated rings. The standard InChI is InChI=1S/C37H36O5S/c1-2-43-37-35(39-23-26-17-19-28-11-7-9-15-31(28)21-26)34(38-22-25-16-18-27-10-6-8-14-30(27)20-25)33-32(41-37)24-40-36(42-33)29-12-4-3-5-13-29/h3-21,32-37H,2,22-24H2,1H3/t32-,33+,34+,35-,36+,37+/m1/s1. The largest absolute Gasteiger partial charge is 0.368 e. The maximum absolute atomic E-state index is 6.82. The molecule has 2 aliphatic rings. The third-order valence-electron chi connectivity index (χ3n) is 8.20. The summed E-state index contributed by atoms with van der Waals surface area (Å²) in [7, 11) is 0. The fourth-order valence-corrected chi connectivity index (χ4v) is 7.01. The SMILES string of the molecule is CCS[C@@H]1O[C@@H]2CO[C@H](c3ccccc3)O[C@@H]2[C@H](OCc2ccc3ccccc3c2)[C@H]1OCc1ccc2ccccc2c1. The summed E-state index contributed by atoms with van der Waals surface area (Å²) in [6.45, 7) is 3.47. The molecular formula is C37H36O5S. The van der Waals surface area contributed by atoms with Crippen LogP contribution < -0.4 is 0 Å². The van der Waals surface area contributed by atoms with Crippen molar-refractivity contribution in [1.29, 1.82) is 0 Å². The van der Waals surface area contributed by atoms with E-state index in [1.807, 2.05) is 30.3 Å². The molecule has 43 heavy (non-hydrogen) atoms. The van der Waals surface area contributed by atoms with E-state index in [-0.39, 0.29) is 29.9 Å². The molecule has 0 radical (unpaired) electrons. The summed E-state index contributed by atoms with van der Waals surface area (Å²) in [5.74, 6) is 0.892. The Labute approximate surface area is 257 Å². The van der Waals surface area contributed by atoms with Crippen molar-refractivity contribution < 1.29 is 23.7 Å². The van der Waals surface area contributed by atoms with Crippen LogP contribution in [-0.2, 0) is 36.9 Å². The highest BCUT2D eigenvalue weighted by molar-refractivity contribution is 7.99. The summed E-state index contributed by atoms with van der Waals surface area (Å²) in [4.78, 5) is 0. The van der Waals surface area contributed by atoms with Gasteiger partial charge >= 0.3 is 0 Å². The van der Waals surface area contributed by atoms with Gasteiger partial charge in [0.15, 0.2) is 6.29 Å². The molecule has 5 aromatic rings. The Kier molecular flexibility index (Phi) is 8.75. The molecule has 0 N–H and O–H groups in total. The zero-order valence-corrected chi connectivity index (χ0v) is 25.0. The van der Waals surface area contributed by atoms with Crippen LogP contribution in [0, 0.1) is 0 Å². The normalized spacial score (nSPS) is 25.5. The van der Waals surface area contributed by atoms with Gasteiger partial charge in [0.1, 0.15) is 29.9 Å². The minimum atomic E-state index is -0.491. The molecule has 0 spiro atoms. The zero-order valence-electron chi connectivity index (χ0n) is 24.2. The molecule has 0 unspecified atom stereocenters. The van der Waals surface area contributed by atoms with Crippen LogP contribution in [0.3, 0.4) is 0 Å². The summed E-state index contributed by atoms with van der Waals surface area (Å²) < 4.78 is 33.0. The zero-order chi connectivity index (χ0) is 29.0. The Morgan fingerprint density at radius 3 is 1.86 bits per heavy atom. The van der Waals surface area contributed by atoms with Crippen LogP contribution in [0.2, 0.25) is 0 Å². The van der Waals surface area contributed by atoms with Crippen LogP contribution in [0.25, 0.3) is 21.5 Å². The van der Waals surface area contributed by atoms with Gasteiger partial charge in [0.2, 0.25) is 0 Å². The lowest BCUT2D eigenvalue weighted by molar-refractivity contribution is -0.329. The lowest BCUT2D eigenvalue weighted by atomic mass is 9.97. The summed E-state index contributed by atoms with van der Waals surface area (Å²) in [5.41, 5.74) is 2.99. The summed E-state index contributed by atoms with van der Waals surface area (Å²) in [6, 6.07) is 39.8. The molecule has 5 nitrogen and oxygen atoms in total. The maximum atomic E-state index is 6.82. The molecule has 0 amide bonds. The van der Waals surface area contributed by atoms with Gasteiger partial charge < -0.3 is 23.7 Å². The van der Waals surface area contributed by atoms with Gasteiger partial charge in [-0.25, -0.2) is 0 Å². The number of fused-ring (bicyclic) bond motifs is 3. The average Bonchev–Trinajstić information content (AvgIpc) is 3.06. The molecule has 7 rings (SSSR count). The van der Waals surface area contributed by atoms with Crippen LogP contribution in [0.1, 0.15) is 29.9 Å². The molecular weight excluding hydrogens is 556 g/mol. The van der Waals surface area contributed by atoms with Crippen LogP contribution in [0.5, 0.6) is 0 Å². The second-order valence-corrected chi connectivity index (χ2v) is 12.5. The van der Waals surface area contributed by atoms with Crippen molar-refractivity contribution in [2.45, 2.75) is 56.3 Å². The van der Waals surface area contributed by atoms with Gasteiger partial charge in [-0.05, 0) is 50.6 Å². The first kappa shape index (κ1) is 28.5. The highest BCUT2D eigenvalue weighted by Crippen LogP contribution is 2.40. The predicted octanol–water partition coefficient (Wildman–Crippen LogP) is 8.06. The molecule has 2 heterocycles. The summed E-state index contributed by atoms with van der Waals surface area (Å²) in [5, 5.41) is 4.83. The third-order valence-corrected chi connectivity index (χ3v) is 9.24. The minimum absolute atomic E-state index is 0.214. The maximum Gasteiger partial charge on any atom is 0.184 e. The number of ether oxygens (including phenoxy) is 5. The van der Waals surface area contributed by atoms with E-state index in [0.717, 1.165) is 22.4 Å². The monoisotopic (exact) mass is 592 g/mol. The molecule has 6 heteroatoms. The fraction of sp³-hybridized carbons (Fsp3) is 0.297. The molecule has 0 saturated carbocycles. The lowest BCUT2D eigenvalue weighted by Crippen LogP contribution is -2.62. The van der Waals surface area contributed by atoms with Gasteiger partial charge in [0.25, 0.3) is 0 Å². The van der Waals surface area contributed by atoms with E-state index in [2.05, 4.69) is 91.9 Å². The van der Waals surface area contributed by atoms with Crippen molar-refractivity contribution in [2.75, 3.05) is 12.4 Å². The highest BCUT2D eigenvalue weighted by atomic mass is 32.2. The van der Waals surface area contributed by atoms with E-state index >= 15 is 0 Å². The minimum Gasteiger partial charge on any atom is -0.368 e. The van der Waals surface area contributed by atoms with E-state index in [9.17, 15) is 0 Å². The van der Waals surface area contributed by atoms with Crippen LogP contribution in [0.15, 0.2) is 115 Å². The number of hydrogen-bond acceptors (Lipinski definition) is 6. The van der Waals surface area contributed by atoms with Gasteiger partial charge in [-0.3, -0.25) is 0 Å². The van der Waals surface area contributed by atoms with Crippen LogP contribution >= 0.6 is 11.8 Å². The molecule has 2 saturated heterocycles. The first-order valence-corrected chi connectivity index (χ1v) is 16.1. The van der Waals surface area contributed by atoms with Gasteiger partial charge in [-0.1, -0.05) is 110 Å². The fourth-order valence-electron chi connectivity index (χ4n) is 6.03. The van der Waals surface area contributed by atoms with E-state index in [4.69, 9.17) is 23.7 Å². The Morgan fingerprint density at radius 1 is 0.651 bits per heavy atom. The second kappa shape index (κ2) is 13.2. The first-order chi connectivity index (χ1) is 21.2. The van der Waals surface area contributed by atoms with E-state index in [0.29, 0.717) is 19.8 Å². The Bertz CT molecular complexity index is 1660. The lowest BCUT2D eigenvalue weighted by Gasteiger charge is -2.49. The van der Waals surface area contributed by atoms with Crippen LogP contribution in [-0.4, -0.2) is 42.2 Å². The van der Waals surface area contributed by atoms with Crippen molar-refractivity contribution in [3.8, 4) is 0 Å². The highest BCUT2D eigenvalue weighted by Gasteiger charge is 2.51. The van der Waals surface area contributed by atoms with Crippen molar-refractivity contribution >= 4 is 33.3 Å². The molecule has 2 aliphatic heterocycles. The topological polar surface area (TPSA) is 46.2 Å². The number of benzene rings is 5. The average molecular weight is 593 g/mol. The van der Waals surface area contributed by atoms with Gasteiger partial charge in [-0.2, -0.15) is 0 Å². The third kappa shape index (κ3) is 6.36. The molecule has 6 atom stereocenters. The van der Waals surface area contributed by atoms with E-state index < -0.39 is 6.29 Å². The van der Waals surface area contributed by atoms with Crippen molar-refractivity contribution in [3.05, 3.63) is 132 Å². The van der Waals surface area contributed by atoms with Crippen molar-refractivity contribution in [3.63, 3.8) is 0 Å². The second-order valence-electron chi connectivity index (χ2n) is 11.1. The molecule has 220 valence electrons. The first-order valence-electron chi connectivity index (χ1n) is 15.0. The van der Waals surface area contributed by atoms with Gasteiger partial charge in [-0.15, -0.1) is 11.8 Å². The van der Waals surface area contributed by atoms with E-state index in [1.165, 1.54) is 21.5 Å². The Balaban J connectivity index is 1.17. The smallest absolute Gasteiger partial charge is 0.184 e. The predicted molar refractivity (Wildman–Crippen MR) is 172 cm³/mol. The molecule has 0 bridgehead atoms.